The molecule has 0 saturated carbocycles. The van der Waals surface area contributed by atoms with Crippen LogP contribution >= 0.6 is 0 Å². The minimum absolute atomic E-state index is 0.142. The molecule has 0 fully saturated rings. The van der Waals surface area contributed by atoms with Crippen molar-refractivity contribution in [1.29, 1.82) is 0 Å². The standard InChI is InChI=1S/C12H21N3O3S/c1-5-10-7-14-12(15-10)19(17,18)9(4)11(16)13-6-8(2)3/h7-9H,5-6H2,1-4H3,(H,13,16)(H,14,15)/t9-/m1/s1. The fraction of sp³-hybridized carbons (Fsp3) is 0.667. The summed E-state index contributed by atoms with van der Waals surface area (Å²) in [5.74, 6) is -0.225. The monoisotopic (exact) mass is 287 g/mol. The van der Waals surface area contributed by atoms with E-state index >= 15 is 0 Å². The number of carbonyl (C=O) groups is 1. The molecule has 1 amide bonds. The van der Waals surface area contributed by atoms with Crippen LogP contribution in [0.3, 0.4) is 0 Å². The molecule has 1 aromatic rings. The van der Waals surface area contributed by atoms with Gasteiger partial charge >= 0.3 is 0 Å². The van der Waals surface area contributed by atoms with Gasteiger partial charge in [-0.15, -0.1) is 0 Å². The Morgan fingerprint density at radius 3 is 2.53 bits per heavy atom. The summed E-state index contributed by atoms with van der Waals surface area (Å²) in [6.07, 6.45) is 2.14. The van der Waals surface area contributed by atoms with Crippen LogP contribution in [0, 0.1) is 5.92 Å². The topological polar surface area (TPSA) is 91.9 Å². The Balaban J connectivity index is 2.84. The van der Waals surface area contributed by atoms with Crippen LogP contribution in [0.4, 0.5) is 0 Å². The minimum Gasteiger partial charge on any atom is -0.355 e. The van der Waals surface area contributed by atoms with Crippen LogP contribution in [0.2, 0.25) is 0 Å². The van der Waals surface area contributed by atoms with Crippen LogP contribution in [0.25, 0.3) is 0 Å². The first-order valence-electron chi connectivity index (χ1n) is 6.34. The Morgan fingerprint density at radius 2 is 2.05 bits per heavy atom. The van der Waals surface area contributed by atoms with Gasteiger partial charge in [-0.1, -0.05) is 20.8 Å². The Morgan fingerprint density at radius 1 is 1.42 bits per heavy atom. The van der Waals surface area contributed by atoms with Crippen LogP contribution in [0.5, 0.6) is 0 Å². The van der Waals surface area contributed by atoms with E-state index in [0.29, 0.717) is 13.0 Å². The van der Waals surface area contributed by atoms with Gasteiger partial charge in [0.1, 0.15) is 5.25 Å². The fourth-order valence-electron chi connectivity index (χ4n) is 1.42. The van der Waals surface area contributed by atoms with Gasteiger partial charge in [-0.05, 0) is 19.3 Å². The summed E-state index contributed by atoms with van der Waals surface area (Å²) >= 11 is 0. The molecule has 0 aliphatic heterocycles. The van der Waals surface area contributed by atoms with Gasteiger partial charge in [-0.2, -0.15) is 0 Å². The Bertz CT molecular complexity index is 534. The van der Waals surface area contributed by atoms with E-state index in [1.165, 1.54) is 13.1 Å². The molecule has 2 N–H and O–H groups in total. The maximum absolute atomic E-state index is 12.2. The van der Waals surface area contributed by atoms with E-state index in [1.807, 2.05) is 20.8 Å². The van der Waals surface area contributed by atoms with Crippen LogP contribution in [0.15, 0.2) is 11.4 Å². The van der Waals surface area contributed by atoms with Crippen molar-refractivity contribution in [2.75, 3.05) is 6.54 Å². The molecule has 1 atom stereocenters. The highest BCUT2D eigenvalue weighted by Gasteiger charge is 2.32. The number of aromatic nitrogens is 2. The largest absolute Gasteiger partial charge is 0.355 e. The van der Waals surface area contributed by atoms with Gasteiger partial charge in [-0.3, -0.25) is 4.79 Å². The Kier molecular flexibility index (Phi) is 5.11. The number of hydrogen-bond donors (Lipinski definition) is 2. The van der Waals surface area contributed by atoms with Gasteiger partial charge in [0, 0.05) is 18.4 Å². The molecule has 0 aliphatic carbocycles. The van der Waals surface area contributed by atoms with E-state index in [4.69, 9.17) is 0 Å². The molecule has 0 aromatic carbocycles. The zero-order valence-corrected chi connectivity index (χ0v) is 12.5. The first kappa shape index (κ1) is 15.7. The minimum atomic E-state index is -3.75. The first-order chi connectivity index (χ1) is 8.78. The van der Waals surface area contributed by atoms with E-state index in [0.717, 1.165) is 5.69 Å². The van der Waals surface area contributed by atoms with E-state index < -0.39 is 21.0 Å². The Hall–Kier alpha value is -1.37. The molecular weight excluding hydrogens is 266 g/mol. The third-order valence-electron chi connectivity index (χ3n) is 2.77. The van der Waals surface area contributed by atoms with Crippen molar-refractivity contribution >= 4 is 15.7 Å². The number of carbonyl (C=O) groups excluding carboxylic acids is 1. The van der Waals surface area contributed by atoms with Crippen molar-refractivity contribution in [3.8, 4) is 0 Å². The third kappa shape index (κ3) is 3.79. The second kappa shape index (κ2) is 6.18. The molecule has 1 heterocycles. The number of H-pyrrole nitrogens is 1. The highest BCUT2D eigenvalue weighted by atomic mass is 32.2. The SMILES string of the molecule is CCc1cnc(S(=O)(=O)[C@H](C)C(=O)NCC(C)C)[nH]1. The van der Waals surface area contributed by atoms with Crippen LogP contribution < -0.4 is 5.32 Å². The summed E-state index contributed by atoms with van der Waals surface area (Å²) in [4.78, 5) is 18.4. The van der Waals surface area contributed by atoms with Crippen molar-refractivity contribution < 1.29 is 13.2 Å². The molecule has 1 aromatic heterocycles. The number of aromatic amines is 1. The lowest BCUT2D eigenvalue weighted by atomic mass is 10.2. The van der Waals surface area contributed by atoms with E-state index in [1.54, 1.807) is 0 Å². The number of rotatable bonds is 6. The third-order valence-corrected chi connectivity index (χ3v) is 4.67. The maximum Gasteiger partial charge on any atom is 0.238 e. The van der Waals surface area contributed by atoms with Gasteiger partial charge in [0.15, 0.2) is 0 Å². The molecule has 19 heavy (non-hydrogen) atoms. The molecule has 6 nitrogen and oxygen atoms in total. The van der Waals surface area contributed by atoms with Gasteiger partial charge < -0.3 is 10.3 Å². The molecule has 0 aliphatic rings. The molecule has 1 rings (SSSR count). The summed E-state index contributed by atoms with van der Waals surface area (Å²) in [6, 6.07) is 0. The summed E-state index contributed by atoms with van der Waals surface area (Å²) < 4.78 is 24.4. The molecule has 0 bridgehead atoms. The summed E-state index contributed by atoms with van der Waals surface area (Å²) in [6.45, 7) is 7.61. The van der Waals surface area contributed by atoms with Crippen molar-refractivity contribution in [3.05, 3.63) is 11.9 Å². The molecule has 108 valence electrons. The quantitative estimate of drug-likeness (QED) is 0.813. The Labute approximate surface area is 113 Å². The van der Waals surface area contributed by atoms with Gasteiger partial charge in [0.05, 0.1) is 0 Å². The predicted octanol–water partition coefficient (Wildman–Crippen LogP) is 0.906. The van der Waals surface area contributed by atoms with Crippen LogP contribution in [-0.2, 0) is 21.1 Å². The number of hydrogen-bond acceptors (Lipinski definition) is 4. The second-order valence-electron chi connectivity index (χ2n) is 4.89. The number of nitrogens with one attached hydrogen (secondary N) is 2. The highest BCUT2D eigenvalue weighted by Crippen LogP contribution is 2.13. The predicted molar refractivity (Wildman–Crippen MR) is 72.5 cm³/mol. The lowest BCUT2D eigenvalue weighted by Gasteiger charge is -2.13. The van der Waals surface area contributed by atoms with Crippen LogP contribution in [-0.4, -0.2) is 36.1 Å². The molecule has 0 radical (unpaired) electrons. The number of sulfone groups is 1. The molecule has 0 saturated heterocycles. The summed E-state index contributed by atoms with van der Waals surface area (Å²) in [5, 5.41) is 1.33. The lowest BCUT2D eigenvalue weighted by molar-refractivity contribution is -0.120. The number of aryl methyl sites for hydroxylation is 1. The lowest BCUT2D eigenvalue weighted by Crippen LogP contribution is -2.39. The van der Waals surface area contributed by atoms with Crippen molar-refractivity contribution in [1.82, 2.24) is 15.3 Å². The molecular formula is C12H21N3O3S. The van der Waals surface area contributed by atoms with Crippen molar-refractivity contribution in [2.45, 2.75) is 44.5 Å². The van der Waals surface area contributed by atoms with Crippen molar-refractivity contribution in [3.63, 3.8) is 0 Å². The first-order valence-corrected chi connectivity index (χ1v) is 7.89. The zero-order valence-electron chi connectivity index (χ0n) is 11.7. The van der Waals surface area contributed by atoms with Gasteiger partial charge in [0.2, 0.25) is 20.9 Å². The van der Waals surface area contributed by atoms with Gasteiger partial charge in [0.25, 0.3) is 0 Å². The fourth-order valence-corrected chi connectivity index (χ4v) is 2.59. The number of nitrogens with zero attached hydrogens (tertiary/aromatic N) is 1. The number of imidazole rings is 1. The molecule has 7 heteroatoms. The highest BCUT2D eigenvalue weighted by molar-refractivity contribution is 7.92. The van der Waals surface area contributed by atoms with E-state index in [-0.39, 0.29) is 11.1 Å². The maximum atomic E-state index is 12.2. The van der Waals surface area contributed by atoms with E-state index in [9.17, 15) is 13.2 Å². The average Bonchev–Trinajstić information content (AvgIpc) is 2.84. The molecule has 0 spiro atoms. The number of amides is 1. The van der Waals surface area contributed by atoms with Crippen LogP contribution in [0.1, 0.15) is 33.4 Å². The summed E-state index contributed by atoms with van der Waals surface area (Å²) in [5.41, 5.74) is 0.730. The van der Waals surface area contributed by atoms with E-state index in [2.05, 4.69) is 15.3 Å². The van der Waals surface area contributed by atoms with Gasteiger partial charge in [-0.25, -0.2) is 13.4 Å². The average molecular weight is 287 g/mol. The second-order valence-corrected chi connectivity index (χ2v) is 7.08. The smallest absolute Gasteiger partial charge is 0.238 e. The van der Waals surface area contributed by atoms with Crippen molar-refractivity contribution in [2.24, 2.45) is 5.92 Å². The normalized spacial score (nSPS) is 13.5. The molecule has 0 unspecified atom stereocenters. The summed E-state index contributed by atoms with van der Waals surface area (Å²) in [7, 11) is -3.75. The zero-order chi connectivity index (χ0) is 14.6.